The second kappa shape index (κ2) is 12.0. The van der Waals surface area contributed by atoms with Crippen LogP contribution in [-0.2, 0) is 25.9 Å². The summed E-state index contributed by atoms with van der Waals surface area (Å²) in [6.07, 6.45) is 3.77. The zero-order valence-corrected chi connectivity index (χ0v) is 20.6. The number of halogens is 1. The lowest BCUT2D eigenvalue weighted by atomic mass is 10.1. The van der Waals surface area contributed by atoms with Crippen LogP contribution < -0.4 is 20.1 Å². The summed E-state index contributed by atoms with van der Waals surface area (Å²) in [6, 6.07) is 4.17. The van der Waals surface area contributed by atoms with Gasteiger partial charge < -0.3 is 24.7 Å². The summed E-state index contributed by atoms with van der Waals surface area (Å²) in [5.74, 6) is 3.60. The number of rotatable bonds is 9. The largest absolute Gasteiger partial charge is 0.494 e. The van der Waals surface area contributed by atoms with Crippen molar-refractivity contribution in [1.29, 1.82) is 0 Å². The summed E-state index contributed by atoms with van der Waals surface area (Å²) in [6.45, 7) is 11.7. The molecule has 0 saturated carbocycles. The highest BCUT2D eigenvalue weighted by Gasteiger charge is 2.21. The van der Waals surface area contributed by atoms with Gasteiger partial charge in [0.15, 0.2) is 5.96 Å². The van der Waals surface area contributed by atoms with E-state index in [1.807, 2.05) is 6.92 Å². The van der Waals surface area contributed by atoms with Gasteiger partial charge in [0.25, 0.3) is 0 Å². The van der Waals surface area contributed by atoms with Gasteiger partial charge in [0.1, 0.15) is 29.8 Å². The van der Waals surface area contributed by atoms with Gasteiger partial charge in [-0.15, -0.1) is 34.2 Å². The third-order valence-electron chi connectivity index (χ3n) is 4.79. The monoisotopic (exact) mass is 528 g/mol. The Balaban J connectivity index is 0.00000320. The van der Waals surface area contributed by atoms with Crippen LogP contribution in [0, 0.1) is 0 Å². The van der Waals surface area contributed by atoms with Crippen LogP contribution in [0.5, 0.6) is 11.5 Å². The second-order valence-electron chi connectivity index (χ2n) is 7.05. The number of nitrogens with one attached hydrogen (secondary N) is 2. The number of aliphatic imine (C=N–C) groups is 1. The Hall–Kier alpha value is -2.04. The fourth-order valence-electron chi connectivity index (χ4n) is 3.44. The Bertz CT molecular complexity index is 839. The highest BCUT2D eigenvalue weighted by molar-refractivity contribution is 14.0. The van der Waals surface area contributed by atoms with Crippen LogP contribution in [0.2, 0.25) is 0 Å². The molecule has 30 heavy (non-hydrogen) atoms. The lowest BCUT2D eigenvalue weighted by molar-refractivity contribution is 0.254. The molecular weight excluding hydrogens is 495 g/mol. The average Bonchev–Trinajstić information content (AvgIpc) is 3.30. The fourth-order valence-corrected chi connectivity index (χ4v) is 3.44. The van der Waals surface area contributed by atoms with E-state index < -0.39 is 0 Å². The van der Waals surface area contributed by atoms with E-state index in [9.17, 15) is 0 Å². The van der Waals surface area contributed by atoms with E-state index in [-0.39, 0.29) is 30.1 Å². The lowest BCUT2D eigenvalue weighted by Gasteiger charge is -2.14. The van der Waals surface area contributed by atoms with Crippen LogP contribution >= 0.6 is 24.0 Å². The molecule has 9 heteroatoms. The van der Waals surface area contributed by atoms with E-state index in [0.717, 1.165) is 61.3 Å². The zero-order valence-electron chi connectivity index (χ0n) is 18.3. The third kappa shape index (κ3) is 6.23. The first-order valence-corrected chi connectivity index (χ1v) is 10.5. The maximum Gasteiger partial charge on any atom is 0.191 e. The predicted molar refractivity (Wildman–Crippen MR) is 129 cm³/mol. The SMILES string of the molecule is CCNC(=NCc1cc2c(cc1OCC)CC(C)O2)NCCn1cnnc1CC.I. The number of nitrogens with zero attached hydrogens (tertiary/aromatic N) is 4. The molecule has 2 N–H and O–H groups in total. The Morgan fingerprint density at radius 3 is 2.87 bits per heavy atom. The molecule has 0 spiro atoms. The molecule has 0 bridgehead atoms. The van der Waals surface area contributed by atoms with Crippen molar-refractivity contribution in [2.75, 3.05) is 19.7 Å². The third-order valence-corrected chi connectivity index (χ3v) is 4.79. The molecule has 8 nitrogen and oxygen atoms in total. The van der Waals surface area contributed by atoms with Gasteiger partial charge in [-0.2, -0.15) is 0 Å². The molecular formula is C21H33IN6O2. The van der Waals surface area contributed by atoms with Gasteiger partial charge >= 0.3 is 0 Å². The van der Waals surface area contributed by atoms with Crippen molar-refractivity contribution >= 4 is 29.9 Å². The molecule has 166 valence electrons. The molecule has 0 aliphatic carbocycles. The number of guanidine groups is 1. The van der Waals surface area contributed by atoms with E-state index >= 15 is 0 Å². The summed E-state index contributed by atoms with van der Waals surface area (Å²) in [7, 11) is 0. The minimum atomic E-state index is 0. The van der Waals surface area contributed by atoms with E-state index in [4.69, 9.17) is 14.5 Å². The summed E-state index contributed by atoms with van der Waals surface area (Å²) in [4.78, 5) is 4.75. The molecule has 2 heterocycles. The normalized spacial score (nSPS) is 15.2. The van der Waals surface area contributed by atoms with Gasteiger partial charge in [-0.25, -0.2) is 4.99 Å². The summed E-state index contributed by atoms with van der Waals surface area (Å²) in [5.41, 5.74) is 2.24. The molecule has 0 saturated heterocycles. The standard InChI is InChI=1S/C21H32N6O2.HI/c1-5-20-26-25-14-27(20)9-8-23-21(22-6-2)24-13-17-12-19-16(10-15(4)29-19)11-18(17)28-7-3;/h11-12,14-15H,5-10,13H2,1-4H3,(H2,22,23,24);1H. The molecule has 0 amide bonds. The quantitative estimate of drug-likeness (QED) is 0.296. The number of aryl methyl sites for hydroxylation is 1. The van der Waals surface area contributed by atoms with Crippen LogP contribution in [0.15, 0.2) is 23.5 Å². The van der Waals surface area contributed by atoms with E-state index in [2.05, 4.69) is 58.3 Å². The average molecular weight is 528 g/mol. The molecule has 1 atom stereocenters. The number of aromatic nitrogens is 3. The van der Waals surface area contributed by atoms with Crippen molar-refractivity contribution < 1.29 is 9.47 Å². The molecule has 3 rings (SSSR count). The van der Waals surface area contributed by atoms with Gasteiger partial charge in [-0.1, -0.05) is 6.92 Å². The van der Waals surface area contributed by atoms with E-state index in [1.54, 1.807) is 6.33 Å². The van der Waals surface area contributed by atoms with Crippen molar-refractivity contribution in [2.24, 2.45) is 4.99 Å². The van der Waals surface area contributed by atoms with Crippen LogP contribution in [0.1, 0.15) is 44.6 Å². The summed E-state index contributed by atoms with van der Waals surface area (Å²) >= 11 is 0. The van der Waals surface area contributed by atoms with Crippen molar-refractivity contribution in [3.05, 3.63) is 35.4 Å². The highest BCUT2D eigenvalue weighted by atomic mass is 127. The lowest BCUT2D eigenvalue weighted by Crippen LogP contribution is -2.38. The van der Waals surface area contributed by atoms with Gasteiger partial charge in [0, 0.05) is 43.6 Å². The zero-order chi connectivity index (χ0) is 20.6. The van der Waals surface area contributed by atoms with Crippen LogP contribution in [-0.4, -0.2) is 46.5 Å². The van der Waals surface area contributed by atoms with Crippen LogP contribution in [0.4, 0.5) is 0 Å². The molecule has 1 unspecified atom stereocenters. The van der Waals surface area contributed by atoms with Crippen molar-refractivity contribution in [1.82, 2.24) is 25.4 Å². The molecule has 1 aliphatic rings. The van der Waals surface area contributed by atoms with E-state index in [1.165, 1.54) is 5.56 Å². The summed E-state index contributed by atoms with van der Waals surface area (Å²) in [5, 5.41) is 14.8. The molecule has 0 fully saturated rings. The van der Waals surface area contributed by atoms with Crippen LogP contribution in [0.3, 0.4) is 0 Å². The molecule has 1 aliphatic heterocycles. The Morgan fingerprint density at radius 2 is 2.13 bits per heavy atom. The first-order valence-electron chi connectivity index (χ1n) is 10.5. The van der Waals surface area contributed by atoms with Gasteiger partial charge in [-0.05, 0) is 32.9 Å². The first-order chi connectivity index (χ1) is 14.1. The number of hydrogen-bond acceptors (Lipinski definition) is 5. The van der Waals surface area contributed by atoms with Crippen molar-refractivity contribution in [3.8, 4) is 11.5 Å². The molecule has 1 aromatic carbocycles. The minimum Gasteiger partial charge on any atom is -0.494 e. The molecule has 2 aromatic rings. The second-order valence-corrected chi connectivity index (χ2v) is 7.05. The van der Waals surface area contributed by atoms with E-state index in [0.29, 0.717) is 13.2 Å². The molecule has 0 radical (unpaired) electrons. The van der Waals surface area contributed by atoms with Crippen molar-refractivity contribution in [2.45, 2.75) is 59.7 Å². The minimum absolute atomic E-state index is 0. The fraction of sp³-hybridized carbons (Fsp3) is 0.571. The molecule has 1 aromatic heterocycles. The highest BCUT2D eigenvalue weighted by Crippen LogP contribution is 2.35. The Kier molecular flexibility index (Phi) is 9.67. The number of fused-ring (bicyclic) bond motifs is 1. The van der Waals surface area contributed by atoms with Gasteiger partial charge in [0.2, 0.25) is 0 Å². The van der Waals surface area contributed by atoms with Gasteiger partial charge in [-0.3, -0.25) is 0 Å². The van der Waals surface area contributed by atoms with Gasteiger partial charge in [0.05, 0.1) is 13.2 Å². The first kappa shape index (κ1) is 24.2. The Morgan fingerprint density at radius 1 is 1.30 bits per heavy atom. The van der Waals surface area contributed by atoms with Crippen molar-refractivity contribution in [3.63, 3.8) is 0 Å². The number of hydrogen-bond donors (Lipinski definition) is 2. The van der Waals surface area contributed by atoms with Crippen LogP contribution in [0.25, 0.3) is 0 Å². The maximum atomic E-state index is 5.91. The topological polar surface area (TPSA) is 85.6 Å². The Labute approximate surface area is 195 Å². The smallest absolute Gasteiger partial charge is 0.191 e. The number of ether oxygens (including phenoxy) is 2. The summed E-state index contributed by atoms with van der Waals surface area (Å²) < 4.78 is 13.8. The maximum absolute atomic E-state index is 5.91. The predicted octanol–water partition coefficient (Wildman–Crippen LogP) is 2.94. The number of benzene rings is 1.